The van der Waals surface area contributed by atoms with E-state index in [4.69, 9.17) is 21.1 Å². The number of nitrogens with one attached hydrogen (secondary N) is 1. The molecule has 170 valence electrons. The van der Waals surface area contributed by atoms with Gasteiger partial charge in [0.2, 0.25) is 0 Å². The molecule has 3 aromatic carbocycles. The van der Waals surface area contributed by atoms with Crippen LogP contribution in [0.4, 0.5) is 0 Å². The first kappa shape index (κ1) is 24.5. The number of hydrogen-bond acceptors (Lipinski definition) is 5. The number of benzene rings is 3. The molecule has 0 aliphatic carbocycles. The first-order valence-electron chi connectivity index (χ1n) is 10.3. The summed E-state index contributed by atoms with van der Waals surface area (Å²) in [4.78, 5) is 24.9. The molecule has 0 fully saturated rings. The lowest BCUT2D eigenvalue weighted by molar-refractivity contribution is 0.0734. The Labute approximate surface area is 205 Å². The maximum Gasteiger partial charge on any atom is 0.345 e. The Morgan fingerprint density at radius 3 is 2.58 bits per heavy atom. The molecule has 3 aromatic rings. The number of amides is 1. The number of esters is 1. The second kappa shape index (κ2) is 12.2. The summed E-state index contributed by atoms with van der Waals surface area (Å²) in [5.74, 6) is 0.0103. The summed E-state index contributed by atoms with van der Waals surface area (Å²) < 4.78 is 11.9. The highest BCUT2D eigenvalue weighted by atomic mass is 79.9. The smallest absolute Gasteiger partial charge is 0.345 e. The minimum absolute atomic E-state index is 0.250. The van der Waals surface area contributed by atoms with Gasteiger partial charge in [-0.1, -0.05) is 53.0 Å². The maximum atomic E-state index is 12.5. The van der Waals surface area contributed by atoms with Gasteiger partial charge in [-0.15, -0.1) is 0 Å². The van der Waals surface area contributed by atoms with Crippen molar-refractivity contribution in [2.24, 2.45) is 5.10 Å². The Hall–Kier alpha value is -3.16. The Kier molecular flexibility index (Phi) is 9.04. The molecule has 0 aliphatic rings. The van der Waals surface area contributed by atoms with Crippen LogP contribution in [0, 0.1) is 0 Å². The first-order valence-corrected chi connectivity index (χ1v) is 11.5. The monoisotopic (exact) mass is 528 g/mol. The number of halogens is 2. The minimum atomic E-state index is -0.595. The molecule has 8 heteroatoms. The molecule has 0 aliphatic heterocycles. The van der Waals surface area contributed by atoms with Crippen molar-refractivity contribution in [1.82, 2.24) is 5.43 Å². The van der Waals surface area contributed by atoms with Crippen molar-refractivity contribution in [2.75, 3.05) is 6.61 Å². The maximum absolute atomic E-state index is 12.5. The lowest BCUT2D eigenvalue weighted by Gasteiger charge is -2.09. The highest BCUT2D eigenvalue weighted by molar-refractivity contribution is 9.10. The Balaban J connectivity index is 1.66. The quantitative estimate of drug-likeness (QED) is 0.117. The van der Waals surface area contributed by atoms with Gasteiger partial charge in [0.25, 0.3) is 5.91 Å². The number of rotatable bonds is 9. The van der Waals surface area contributed by atoms with Gasteiger partial charge in [-0.2, -0.15) is 5.10 Å². The van der Waals surface area contributed by atoms with Crippen molar-refractivity contribution >= 4 is 45.6 Å². The van der Waals surface area contributed by atoms with Crippen molar-refractivity contribution in [3.63, 3.8) is 0 Å². The van der Waals surface area contributed by atoms with Crippen molar-refractivity contribution in [1.29, 1.82) is 0 Å². The number of hydrazone groups is 1. The van der Waals surface area contributed by atoms with E-state index in [1.165, 1.54) is 6.21 Å². The highest BCUT2D eigenvalue weighted by Gasteiger charge is 2.14. The van der Waals surface area contributed by atoms with Crippen molar-refractivity contribution in [3.05, 3.63) is 92.9 Å². The molecule has 0 spiro atoms. The molecule has 3 rings (SSSR count). The zero-order chi connectivity index (χ0) is 23.6. The summed E-state index contributed by atoms with van der Waals surface area (Å²) in [7, 11) is 0. The number of carbonyl (C=O) groups is 2. The molecule has 0 bridgehead atoms. The van der Waals surface area contributed by atoms with Crippen LogP contribution in [-0.4, -0.2) is 24.7 Å². The van der Waals surface area contributed by atoms with Gasteiger partial charge in [0.15, 0.2) is 0 Å². The van der Waals surface area contributed by atoms with Crippen LogP contribution in [0.25, 0.3) is 0 Å². The molecule has 0 aromatic heterocycles. The van der Waals surface area contributed by atoms with E-state index in [0.717, 1.165) is 17.3 Å². The van der Waals surface area contributed by atoms with Crippen LogP contribution in [0.3, 0.4) is 0 Å². The first-order chi connectivity index (χ1) is 16.0. The molecule has 6 nitrogen and oxygen atoms in total. The molecule has 0 saturated carbocycles. The Bertz CT molecular complexity index is 1150. The SMILES string of the molecule is CCCCOc1ccc(C(=O)NN=Cc2cc(Br)ccc2OC(=O)c2ccccc2Cl)cc1. The largest absolute Gasteiger partial charge is 0.494 e. The van der Waals surface area contributed by atoms with Crippen LogP contribution >= 0.6 is 27.5 Å². The number of carbonyl (C=O) groups excluding carboxylic acids is 2. The molecular weight excluding hydrogens is 508 g/mol. The van der Waals surface area contributed by atoms with Crippen LogP contribution in [0.5, 0.6) is 11.5 Å². The molecule has 0 unspecified atom stereocenters. The van der Waals surface area contributed by atoms with E-state index < -0.39 is 5.97 Å². The number of hydrogen-bond donors (Lipinski definition) is 1. The highest BCUT2D eigenvalue weighted by Crippen LogP contribution is 2.24. The van der Waals surface area contributed by atoms with E-state index in [-0.39, 0.29) is 17.2 Å². The van der Waals surface area contributed by atoms with Gasteiger partial charge in [-0.05, 0) is 61.0 Å². The van der Waals surface area contributed by atoms with Gasteiger partial charge in [0, 0.05) is 15.6 Å². The van der Waals surface area contributed by atoms with Crippen LogP contribution < -0.4 is 14.9 Å². The van der Waals surface area contributed by atoms with Crippen molar-refractivity contribution in [2.45, 2.75) is 19.8 Å². The molecule has 1 N–H and O–H groups in total. The fraction of sp³-hybridized carbons (Fsp3) is 0.160. The average molecular weight is 530 g/mol. The summed E-state index contributed by atoms with van der Waals surface area (Å²) in [5.41, 5.74) is 3.65. The van der Waals surface area contributed by atoms with E-state index in [0.29, 0.717) is 28.5 Å². The average Bonchev–Trinajstić information content (AvgIpc) is 2.81. The predicted octanol–water partition coefficient (Wildman–Crippen LogP) is 6.26. The summed E-state index contributed by atoms with van der Waals surface area (Å²) in [6.07, 6.45) is 3.43. The third-order valence-electron chi connectivity index (χ3n) is 4.52. The van der Waals surface area contributed by atoms with E-state index in [2.05, 4.69) is 33.4 Å². The molecular formula is C25H22BrClN2O4. The van der Waals surface area contributed by atoms with Gasteiger partial charge >= 0.3 is 5.97 Å². The second-order valence-corrected chi connectivity index (χ2v) is 8.30. The molecule has 33 heavy (non-hydrogen) atoms. The van der Waals surface area contributed by atoms with E-state index >= 15 is 0 Å². The zero-order valence-electron chi connectivity index (χ0n) is 17.9. The Morgan fingerprint density at radius 2 is 1.85 bits per heavy atom. The second-order valence-electron chi connectivity index (χ2n) is 6.98. The fourth-order valence-corrected chi connectivity index (χ4v) is 3.35. The number of ether oxygens (including phenoxy) is 2. The van der Waals surface area contributed by atoms with Gasteiger partial charge in [0.05, 0.1) is 23.4 Å². The van der Waals surface area contributed by atoms with Crippen LogP contribution in [0.2, 0.25) is 5.02 Å². The molecule has 0 saturated heterocycles. The summed E-state index contributed by atoms with van der Waals surface area (Å²) in [6.45, 7) is 2.74. The van der Waals surface area contributed by atoms with Gasteiger partial charge < -0.3 is 9.47 Å². The standard InChI is InChI=1S/C25H22BrClN2O4/c1-2-3-14-32-20-11-8-17(9-12-20)24(30)29-28-16-18-15-19(26)10-13-23(18)33-25(31)21-6-4-5-7-22(21)27/h4-13,15-16H,2-3,14H2,1H3,(H,29,30). The lowest BCUT2D eigenvalue weighted by atomic mass is 10.2. The fourth-order valence-electron chi connectivity index (χ4n) is 2.76. The number of nitrogens with zero attached hydrogens (tertiary/aromatic N) is 1. The summed E-state index contributed by atoms with van der Waals surface area (Å²) in [6, 6.07) is 18.5. The topological polar surface area (TPSA) is 77.0 Å². The molecule has 0 heterocycles. The normalized spacial score (nSPS) is 10.8. The van der Waals surface area contributed by atoms with E-state index in [1.54, 1.807) is 66.7 Å². The summed E-state index contributed by atoms with van der Waals surface area (Å²) >= 11 is 9.46. The predicted molar refractivity (Wildman–Crippen MR) is 132 cm³/mol. The van der Waals surface area contributed by atoms with Crippen LogP contribution in [-0.2, 0) is 0 Å². The Morgan fingerprint density at radius 1 is 1.09 bits per heavy atom. The minimum Gasteiger partial charge on any atom is -0.494 e. The van der Waals surface area contributed by atoms with Crippen molar-refractivity contribution in [3.8, 4) is 11.5 Å². The third-order valence-corrected chi connectivity index (χ3v) is 5.34. The van der Waals surface area contributed by atoms with E-state index in [9.17, 15) is 9.59 Å². The number of unbranched alkanes of at least 4 members (excludes halogenated alkanes) is 1. The van der Waals surface area contributed by atoms with Gasteiger partial charge in [-0.25, -0.2) is 10.2 Å². The zero-order valence-corrected chi connectivity index (χ0v) is 20.2. The molecule has 0 radical (unpaired) electrons. The van der Waals surface area contributed by atoms with Gasteiger partial charge in [-0.3, -0.25) is 4.79 Å². The van der Waals surface area contributed by atoms with Crippen LogP contribution in [0.15, 0.2) is 76.3 Å². The van der Waals surface area contributed by atoms with Gasteiger partial charge in [0.1, 0.15) is 11.5 Å². The van der Waals surface area contributed by atoms with Crippen LogP contribution in [0.1, 0.15) is 46.0 Å². The van der Waals surface area contributed by atoms with Crippen molar-refractivity contribution < 1.29 is 19.1 Å². The third kappa shape index (κ3) is 7.17. The summed E-state index contributed by atoms with van der Waals surface area (Å²) in [5, 5.41) is 4.30. The molecule has 1 amide bonds. The van der Waals surface area contributed by atoms with E-state index in [1.807, 2.05) is 0 Å². The molecule has 0 atom stereocenters. The lowest BCUT2D eigenvalue weighted by Crippen LogP contribution is -2.17.